The van der Waals surface area contributed by atoms with Crippen LogP contribution in [0.5, 0.6) is 11.5 Å². The zero-order valence-electron chi connectivity index (χ0n) is 16.8. The molecule has 27 heavy (non-hydrogen) atoms. The Balaban J connectivity index is 1.49. The van der Waals surface area contributed by atoms with E-state index in [1.807, 2.05) is 16.9 Å². The molecule has 5 heteroatoms. The third-order valence-electron chi connectivity index (χ3n) is 4.82. The first-order valence-electron chi connectivity index (χ1n) is 10.6. The van der Waals surface area contributed by atoms with Gasteiger partial charge in [-0.3, -0.25) is 4.68 Å². The normalized spacial score (nSPS) is 11.0. The number of rotatable bonds is 15. The van der Waals surface area contributed by atoms with Crippen LogP contribution >= 0.6 is 0 Å². The Labute approximate surface area is 163 Å². The lowest BCUT2D eigenvalue weighted by Gasteiger charge is -2.05. The van der Waals surface area contributed by atoms with Crippen LogP contribution in [0, 0.1) is 0 Å². The first-order valence-corrected chi connectivity index (χ1v) is 10.6. The van der Waals surface area contributed by atoms with Crippen molar-refractivity contribution in [2.45, 2.75) is 90.7 Å². The van der Waals surface area contributed by atoms with Gasteiger partial charge in [-0.2, -0.15) is 0 Å². The van der Waals surface area contributed by atoms with Crippen LogP contribution in [0.15, 0.2) is 30.5 Å². The molecule has 0 unspecified atom stereocenters. The lowest BCUT2D eigenvalue weighted by molar-refractivity contribution is 0.284. The van der Waals surface area contributed by atoms with E-state index in [1.165, 1.54) is 64.2 Å². The average Bonchev–Trinajstić information content (AvgIpc) is 3.13. The van der Waals surface area contributed by atoms with Gasteiger partial charge in [-0.15, -0.1) is 5.10 Å². The zero-order chi connectivity index (χ0) is 19.2. The van der Waals surface area contributed by atoms with E-state index in [4.69, 9.17) is 4.74 Å². The monoisotopic (exact) mass is 373 g/mol. The number of benzene rings is 1. The fourth-order valence-electron chi connectivity index (χ4n) is 3.18. The van der Waals surface area contributed by atoms with Gasteiger partial charge >= 0.3 is 0 Å². The molecule has 2 aromatic rings. The third-order valence-corrected chi connectivity index (χ3v) is 4.82. The van der Waals surface area contributed by atoms with Crippen LogP contribution < -0.4 is 4.74 Å². The molecular weight excluding hydrogens is 338 g/mol. The zero-order valence-corrected chi connectivity index (χ0v) is 16.8. The predicted octanol–water partition coefficient (Wildman–Crippen LogP) is 5.87. The Morgan fingerprint density at radius 3 is 2.19 bits per heavy atom. The van der Waals surface area contributed by atoms with E-state index >= 15 is 0 Å². The summed E-state index contributed by atoms with van der Waals surface area (Å²) in [5.41, 5.74) is 0.779. The quantitative estimate of drug-likeness (QED) is 0.396. The van der Waals surface area contributed by atoms with Crippen molar-refractivity contribution < 1.29 is 9.84 Å². The average molecular weight is 374 g/mol. The Hall–Kier alpha value is -2.04. The number of aromatic hydroxyl groups is 1. The summed E-state index contributed by atoms with van der Waals surface area (Å²) in [4.78, 5) is 0. The van der Waals surface area contributed by atoms with Gasteiger partial charge in [0.25, 0.3) is 0 Å². The smallest absolute Gasteiger partial charge is 0.161 e. The second-order valence-electron chi connectivity index (χ2n) is 7.26. The van der Waals surface area contributed by atoms with Gasteiger partial charge in [-0.05, 0) is 18.6 Å². The first-order chi connectivity index (χ1) is 13.3. The molecule has 0 radical (unpaired) electrons. The number of nitrogens with zero attached hydrogens (tertiary/aromatic N) is 3. The summed E-state index contributed by atoms with van der Waals surface area (Å²) < 4.78 is 7.47. The lowest BCUT2D eigenvalue weighted by atomic mass is 10.1. The van der Waals surface area contributed by atoms with Crippen molar-refractivity contribution in [2.75, 3.05) is 0 Å². The molecule has 0 atom stereocenters. The van der Waals surface area contributed by atoms with Crippen molar-refractivity contribution in [3.63, 3.8) is 0 Å². The maximum absolute atomic E-state index is 9.70. The van der Waals surface area contributed by atoms with E-state index in [2.05, 4.69) is 17.2 Å². The van der Waals surface area contributed by atoms with Crippen LogP contribution in [0.4, 0.5) is 0 Å². The van der Waals surface area contributed by atoms with Gasteiger partial charge in [0.1, 0.15) is 12.3 Å². The van der Waals surface area contributed by atoms with E-state index in [0.717, 1.165) is 18.7 Å². The van der Waals surface area contributed by atoms with Gasteiger partial charge in [0.15, 0.2) is 11.5 Å². The van der Waals surface area contributed by atoms with E-state index < -0.39 is 0 Å². The van der Waals surface area contributed by atoms with Crippen LogP contribution in [0.3, 0.4) is 0 Å². The summed E-state index contributed by atoms with van der Waals surface area (Å²) in [7, 11) is 0. The van der Waals surface area contributed by atoms with Gasteiger partial charge in [-0.25, -0.2) is 0 Å². The second kappa shape index (κ2) is 13.2. The highest BCUT2D eigenvalue weighted by molar-refractivity contribution is 5.37. The molecule has 0 spiro atoms. The van der Waals surface area contributed by atoms with Gasteiger partial charge < -0.3 is 9.84 Å². The molecule has 0 bridgehead atoms. The molecule has 1 aromatic carbocycles. The van der Waals surface area contributed by atoms with Crippen molar-refractivity contribution in [3.05, 3.63) is 36.2 Å². The van der Waals surface area contributed by atoms with Crippen LogP contribution in [0.25, 0.3) is 0 Å². The molecule has 0 aliphatic heterocycles. The Morgan fingerprint density at radius 2 is 1.52 bits per heavy atom. The minimum Gasteiger partial charge on any atom is -0.504 e. The number of para-hydroxylation sites is 2. The lowest BCUT2D eigenvalue weighted by Crippen LogP contribution is -1.99. The van der Waals surface area contributed by atoms with Gasteiger partial charge in [0, 0.05) is 6.54 Å². The van der Waals surface area contributed by atoms with Crippen molar-refractivity contribution in [1.82, 2.24) is 15.0 Å². The van der Waals surface area contributed by atoms with E-state index in [-0.39, 0.29) is 5.75 Å². The van der Waals surface area contributed by atoms with Gasteiger partial charge in [-0.1, -0.05) is 88.5 Å². The minimum atomic E-state index is 0.144. The molecular formula is C22H35N3O2. The third kappa shape index (κ3) is 8.94. The predicted molar refractivity (Wildman–Crippen MR) is 109 cm³/mol. The standard InChI is InChI=1S/C22H35N3O2/c1-2-3-4-5-6-7-8-9-10-11-14-17-25-18-20(23-24-25)19-27-22-16-13-12-15-21(22)26/h12-13,15-16,18,26H,2-11,14,17,19H2,1H3. The van der Waals surface area contributed by atoms with Crippen molar-refractivity contribution in [1.29, 1.82) is 0 Å². The molecule has 0 aliphatic carbocycles. The fourth-order valence-corrected chi connectivity index (χ4v) is 3.18. The van der Waals surface area contributed by atoms with Crippen molar-refractivity contribution >= 4 is 0 Å². The molecule has 150 valence electrons. The molecule has 1 heterocycles. The molecule has 1 aromatic heterocycles. The SMILES string of the molecule is CCCCCCCCCCCCCn1cc(COc2ccccc2O)nn1. The molecule has 0 aliphatic rings. The number of phenolic OH excluding ortho intramolecular Hbond substituents is 1. The highest BCUT2D eigenvalue weighted by Crippen LogP contribution is 2.24. The molecule has 1 N–H and O–H groups in total. The fraction of sp³-hybridized carbons (Fsp3) is 0.636. The topological polar surface area (TPSA) is 60.2 Å². The molecule has 0 saturated carbocycles. The molecule has 2 rings (SSSR count). The summed E-state index contributed by atoms with van der Waals surface area (Å²) in [5.74, 6) is 0.614. The summed E-state index contributed by atoms with van der Waals surface area (Å²) in [6.45, 7) is 3.49. The maximum atomic E-state index is 9.70. The summed E-state index contributed by atoms with van der Waals surface area (Å²) in [5, 5.41) is 18.0. The summed E-state index contributed by atoms with van der Waals surface area (Å²) in [6.07, 6.45) is 16.7. The van der Waals surface area contributed by atoms with Crippen LogP contribution in [-0.4, -0.2) is 20.1 Å². The van der Waals surface area contributed by atoms with E-state index in [0.29, 0.717) is 12.4 Å². The number of hydrogen-bond acceptors (Lipinski definition) is 4. The number of phenols is 1. The summed E-state index contributed by atoms with van der Waals surface area (Å²) >= 11 is 0. The summed E-state index contributed by atoms with van der Waals surface area (Å²) in [6, 6.07) is 6.95. The Morgan fingerprint density at radius 1 is 0.889 bits per heavy atom. The minimum absolute atomic E-state index is 0.144. The van der Waals surface area contributed by atoms with Crippen LogP contribution in [-0.2, 0) is 13.2 Å². The van der Waals surface area contributed by atoms with Crippen LogP contribution in [0.1, 0.15) is 83.2 Å². The second-order valence-corrected chi connectivity index (χ2v) is 7.26. The number of hydrogen-bond donors (Lipinski definition) is 1. The molecule has 0 fully saturated rings. The van der Waals surface area contributed by atoms with Crippen molar-refractivity contribution in [3.8, 4) is 11.5 Å². The highest BCUT2D eigenvalue weighted by atomic mass is 16.5. The maximum Gasteiger partial charge on any atom is 0.161 e. The highest BCUT2D eigenvalue weighted by Gasteiger charge is 2.04. The molecule has 0 saturated heterocycles. The van der Waals surface area contributed by atoms with Crippen LogP contribution in [0.2, 0.25) is 0 Å². The number of unbranched alkanes of at least 4 members (excludes halogenated alkanes) is 10. The van der Waals surface area contributed by atoms with Gasteiger partial charge in [0.05, 0.1) is 6.20 Å². The van der Waals surface area contributed by atoms with Crippen molar-refractivity contribution in [2.24, 2.45) is 0 Å². The first kappa shape index (κ1) is 21.3. The Bertz CT molecular complexity index is 628. The Kier molecular flexibility index (Phi) is 10.4. The van der Waals surface area contributed by atoms with E-state index in [9.17, 15) is 5.11 Å². The number of aryl methyl sites for hydroxylation is 1. The van der Waals surface area contributed by atoms with Gasteiger partial charge in [0.2, 0.25) is 0 Å². The molecule has 0 amide bonds. The largest absolute Gasteiger partial charge is 0.504 e. The van der Waals surface area contributed by atoms with E-state index in [1.54, 1.807) is 18.2 Å². The molecule has 5 nitrogen and oxygen atoms in total. The number of ether oxygens (including phenoxy) is 1. The number of aromatic nitrogens is 3.